The van der Waals surface area contributed by atoms with Gasteiger partial charge in [0.1, 0.15) is 17.3 Å². The molecule has 54 heavy (non-hydrogen) atoms. The zero-order chi connectivity index (χ0) is 40.2. The van der Waals surface area contributed by atoms with Gasteiger partial charge in [0.25, 0.3) is 0 Å². The molecule has 0 amide bonds. The van der Waals surface area contributed by atoms with Crippen LogP contribution < -0.4 is 0 Å². The number of nitrogens with zero attached hydrogens (tertiary/aromatic N) is 1. The van der Waals surface area contributed by atoms with Gasteiger partial charge in [-0.25, -0.2) is 4.79 Å². The Morgan fingerprint density at radius 1 is 0.963 bits per heavy atom. The molecule has 0 radical (unpaired) electrons. The van der Waals surface area contributed by atoms with Crippen LogP contribution in [-0.4, -0.2) is 86.6 Å². The number of ketones is 1. The Morgan fingerprint density at radius 3 is 2.20 bits per heavy atom. The number of allylic oxidation sites excluding steroid dienone is 1. The monoisotopic (exact) mass is 749 g/mol. The summed E-state index contributed by atoms with van der Waals surface area (Å²) < 4.78 is 30.1. The number of esters is 4. The summed E-state index contributed by atoms with van der Waals surface area (Å²) in [5, 5.41) is 25.1. The molecule has 0 bridgehead atoms. The molecule has 13 heteroatoms. The van der Waals surface area contributed by atoms with E-state index in [0.29, 0.717) is 5.56 Å². The maximum absolute atomic E-state index is 14.5. The first-order valence-corrected chi connectivity index (χ1v) is 17.9. The normalized spacial score (nSPS) is 31.6. The lowest BCUT2D eigenvalue weighted by Crippen LogP contribution is -2.57. The molecule has 1 fully saturated rings. The molecule has 0 saturated heterocycles. The number of hydrogen-bond donors (Lipinski definition) is 2. The van der Waals surface area contributed by atoms with Gasteiger partial charge >= 0.3 is 23.9 Å². The van der Waals surface area contributed by atoms with Gasteiger partial charge < -0.3 is 33.9 Å². The van der Waals surface area contributed by atoms with Crippen LogP contribution in [0.1, 0.15) is 77.7 Å². The van der Waals surface area contributed by atoms with Crippen molar-refractivity contribution < 1.29 is 57.9 Å². The van der Waals surface area contributed by atoms with Crippen molar-refractivity contribution in [3.63, 3.8) is 0 Å². The van der Waals surface area contributed by atoms with Gasteiger partial charge in [-0.3, -0.25) is 24.2 Å². The number of carbonyl (C=O) groups is 5. The number of benzene rings is 1. The molecule has 0 unspecified atom stereocenters. The van der Waals surface area contributed by atoms with Gasteiger partial charge in [-0.1, -0.05) is 83.7 Å². The molecule has 2 aliphatic rings. The molecule has 9 atom stereocenters. The molecule has 2 N–H and O–H groups in total. The summed E-state index contributed by atoms with van der Waals surface area (Å²) in [6.45, 7) is 15.8. The Labute approximate surface area is 315 Å². The Balaban J connectivity index is 1.97. The number of pyridine rings is 1. The maximum Gasteiger partial charge on any atom is 0.340 e. The van der Waals surface area contributed by atoms with E-state index in [1.807, 2.05) is 6.07 Å². The van der Waals surface area contributed by atoms with Crippen molar-refractivity contribution in [2.45, 2.75) is 110 Å². The number of Topliss-reactive ketones (excluding diaryl/α,β-unsaturated/α-hetero) is 1. The van der Waals surface area contributed by atoms with E-state index in [9.17, 15) is 34.2 Å². The van der Waals surface area contributed by atoms with Gasteiger partial charge in [0.2, 0.25) is 0 Å². The second-order valence-electron chi connectivity index (χ2n) is 15.3. The Hall–Kier alpha value is -4.72. The molecule has 13 nitrogen and oxygen atoms in total. The minimum Gasteiger partial charge on any atom is -0.457 e. The summed E-state index contributed by atoms with van der Waals surface area (Å²) in [7, 11) is 0. The van der Waals surface area contributed by atoms with Crippen molar-refractivity contribution in [1.29, 1.82) is 0 Å². The lowest BCUT2D eigenvalue weighted by atomic mass is 9.72. The van der Waals surface area contributed by atoms with Gasteiger partial charge in [0.05, 0.1) is 30.1 Å². The van der Waals surface area contributed by atoms with E-state index in [4.69, 9.17) is 23.7 Å². The van der Waals surface area contributed by atoms with E-state index in [1.54, 1.807) is 65.0 Å². The first kappa shape index (κ1) is 42.0. The van der Waals surface area contributed by atoms with Crippen molar-refractivity contribution in [2.24, 2.45) is 23.2 Å². The molecule has 0 spiro atoms. The number of hydrogen-bond acceptors (Lipinski definition) is 13. The molecule has 1 saturated carbocycles. The van der Waals surface area contributed by atoms with Gasteiger partial charge in [-0.15, -0.1) is 0 Å². The van der Waals surface area contributed by atoms with Crippen LogP contribution in [0.4, 0.5) is 0 Å². The third-order valence-corrected chi connectivity index (χ3v) is 9.97. The average molecular weight is 750 g/mol. The number of aliphatic hydroxyl groups is 2. The Bertz CT molecular complexity index is 1740. The summed E-state index contributed by atoms with van der Waals surface area (Å²) in [6.07, 6.45) is -2.67. The molecular formula is C41H51NO12. The van der Waals surface area contributed by atoms with E-state index in [0.717, 1.165) is 6.92 Å². The SMILES string of the molecule is C=C1[C@H](O)[C@H]2[C@@H](OCc3ccccc3)[C@](C)(OC(C)=O)C[C@]2(O)C(=O)[C@@H](C)/C=C/C(C)(C)[C@H](OC(=O)c2cccnc2)[C@H](OC(=O)C(C)C)[C@H]1OC(C)=O. The minimum absolute atomic E-state index is 0.0691. The summed E-state index contributed by atoms with van der Waals surface area (Å²) in [5.41, 5.74) is -4.87. The topological polar surface area (TPSA) is 185 Å². The van der Waals surface area contributed by atoms with Gasteiger partial charge in [0, 0.05) is 44.0 Å². The predicted octanol–water partition coefficient (Wildman–Crippen LogP) is 4.48. The second-order valence-corrected chi connectivity index (χ2v) is 15.3. The molecule has 2 aliphatic carbocycles. The van der Waals surface area contributed by atoms with Crippen LogP contribution in [-0.2, 0) is 49.5 Å². The summed E-state index contributed by atoms with van der Waals surface area (Å²) in [4.78, 5) is 71.0. The maximum atomic E-state index is 14.5. The number of rotatable bonds is 9. The van der Waals surface area contributed by atoms with Crippen LogP contribution in [0.2, 0.25) is 0 Å². The molecule has 0 aliphatic heterocycles. The molecular weight excluding hydrogens is 698 g/mol. The van der Waals surface area contributed by atoms with E-state index >= 15 is 0 Å². The third-order valence-electron chi connectivity index (χ3n) is 9.97. The molecule has 1 aromatic heterocycles. The highest BCUT2D eigenvalue weighted by Gasteiger charge is 2.67. The van der Waals surface area contributed by atoms with Gasteiger partial charge in [0.15, 0.2) is 24.1 Å². The van der Waals surface area contributed by atoms with Gasteiger partial charge in [-0.2, -0.15) is 0 Å². The van der Waals surface area contributed by atoms with Crippen LogP contribution in [0.25, 0.3) is 0 Å². The lowest BCUT2D eigenvalue weighted by Gasteiger charge is -2.43. The largest absolute Gasteiger partial charge is 0.457 e. The minimum atomic E-state index is -2.40. The standard InChI is InChI=1S/C41H51NO12/c1-23(2)37(47)52-33-32(51-26(5)43)25(4)31(45)30-35(50-21-28-14-11-10-12-15-28)40(9,54-27(6)44)22-41(30,49)34(46)24(3)17-18-39(7,8)36(33)53-38(48)29-16-13-19-42-20-29/h10-20,23-24,30-33,35-36,45,49H,4,21-22H2,1-3,5-9H3/b18-17+/t24-,30-,31-,32-,33+,35+,36+,40+,41+/m0/s1. The fourth-order valence-electron chi connectivity index (χ4n) is 7.29. The number of fused-ring (bicyclic) bond motifs is 1. The quantitative estimate of drug-likeness (QED) is 0.208. The summed E-state index contributed by atoms with van der Waals surface area (Å²) >= 11 is 0. The summed E-state index contributed by atoms with van der Waals surface area (Å²) in [5.74, 6) is -7.22. The van der Waals surface area contributed by atoms with E-state index in [1.165, 1.54) is 44.4 Å². The zero-order valence-electron chi connectivity index (χ0n) is 32.0. The van der Waals surface area contributed by atoms with Gasteiger partial charge in [-0.05, 0) is 30.2 Å². The van der Waals surface area contributed by atoms with Crippen LogP contribution in [0, 0.1) is 23.2 Å². The number of aliphatic hydroxyl groups excluding tert-OH is 1. The van der Waals surface area contributed by atoms with E-state index in [-0.39, 0.29) is 17.7 Å². The highest BCUT2D eigenvalue weighted by Crippen LogP contribution is 2.51. The van der Waals surface area contributed by atoms with E-state index in [2.05, 4.69) is 11.6 Å². The average Bonchev–Trinajstić information content (AvgIpc) is 3.34. The number of ether oxygens (including phenoxy) is 5. The predicted molar refractivity (Wildman–Crippen MR) is 194 cm³/mol. The smallest absolute Gasteiger partial charge is 0.340 e. The third kappa shape index (κ3) is 9.14. The van der Waals surface area contributed by atoms with Crippen LogP contribution in [0.5, 0.6) is 0 Å². The first-order chi connectivity index (χ1) is 25.2. The van der Waals surface area contributed by atoms with Crippen molar-refractivity contribution in [2.75, 3.05) is 0 Å². The molecule has 292 valence electrons. The molecule has 4 rings (SSSR count). The molecule has 1 heterocycles. The van der Waals surface area contributed by atoms with E-state index < -0.39 is 101 Å². The number of carbonyl (C=O) groups excluding carboxylic acids is 5. The van der Waals surface area contributed by atoms with Crippen molar-refractivity contribution in [1.82, 2.24) is 4.98 Å². The zero-order valence-corrected chi connectivity index (χ0v) is 32.0. The summed E-state index contributed by atoms with van der Waals surface area (Å²) in [6, 6.07) is 12.0. The highest BCUT2D eigenvalue weighted by molar-refractivity contribution is 5.92. The van der Waals surface area contributed by atoms with Crippen LogP contribution >= 0.6 is 0 Å². The fraction of sp³-hybridized carbons (Fsp3) is 0.512. The van der Waals surface area contributed by atoms with Crippen molar-refractivity contribution in [3.8, 4) is 0 Å². The van der Waals surface area contributed by atoms with Crippen LogP contribution in [0.3, 0.4) is 0 Å². The Morgan fingerprint density at radius 2 is 1.63 bits per heavy atom. The number of aromatic nitrogens is 1. The fourth-order valence-corrected chi connectivity index (χ4v) is 7.29. The second kappa shape index (κ2) is 16.7. The van der Waals surface area contributed by atoms with Crippen molar-refractivity contribution >= 4 is 29.7 Å². The Kier molecular flexibility index (Phi) is 13.0. The van der Waals surface area contributed by atoms with Crippen molar-refractivity contribution in [3.05, 3.63) is 90.3 Å². The molecule has 1 aromatic carbocycles. The van der Waals surface area contributed by atoms with Crippen LogP contribution in [0.15, 0.2) is 79.2 Å². The molecule has 2 aromatic rings. The first-order valence-electron chi connectivity index (χ1n) is 17.9. The highest BCUT2D eigenvalue weighted by atomic mass is 16.6. The lowest BCUT2D eigenvalue weighted by molar-refractivity contribution is -0.185.